The van der Waals surface area contributed by atoms with Crippen LogP contribution in [0.15, 0.2) is 54.9 Å². The number of pyridine rings is 2. The number of aryl methyl sites for hydroxylation is 4. The fraction of sp³-hybridized carbons (Fsp3) is 0.167. The highest BCUT2D eigenvalue weighted by Gasteiger charge is 2.23. The Morgan fingerprint density at radius 3 is 2.78 bits per heavy atom. The molecule has 5 aromatic rings. The highest BCUT2D eigenvalue weighted by Crippen LogP contribution is 2.42. The van der Waals surface area contributed by atoms with E-state index in [9.17, 15) is 0 Å². The van der Waals surface area contributed by atoms with Crippen molar-refractivity contribution < 1.29 is 12.8 Å². The number of hydrogen-bond acceptors (Lipinski definition) is 2. The van der Waals surface area contributed by atoms with Crippen molar-refractivity contribution in [2.45, 2.75) is 20.6 Å². The molecule has 0 saturated carbocycles. The van der Waals surface area contributed by atoms with E-state index in [2.05, 4.69) is 4.98 Å². The number of benzene rings is 2. The zero-order chi connectivity index (χ0) is 23.7. The number of hydrogen-bond donors (Lipinski definition) is 0. The van der Waals surface area contributed by atoms with Gasteiger partial charge in [-0.2, -0.15) is 4.57 Å². The molecule has 27 heavy (non-hydrogen) atoms. The second-order valence-electron chi connectivity index (χ2n) is 6.85. The largest absolute Gasteiger partial charge is 0.256 e. The third kappa shape index (κ3) is 2.38. The third-order valence-electron chi connectivity index (χ3n) is 5.07. The fourth-order valence-corrected chi connectivity index (χ4v) is 5.20. The van der Waals surface area contributed by atoms with Gasteiger partial charge in [-0.15, -0.1) is 11.3 Å². The molecule has 3 aromatic heterocycles. The van der Waals surface area contributed by atoms with Crippen molar-refractivity contribution in [3.05, 3.63) is 71.5 Å². The van der Waals surface area contributed by atoms with Gasteiger partial charge in [0.25, 0.3) is 0 Å². The van der Waals surface area contributed by atoms with Gasteiger partial charge in [-0.05, 0) is 44.4 Å². The molecule has 0 aliphatic carbocycles. The minimum Gasteiger partial charge on any atom is -0.256 e. The molecule has 0 amide bonds. The van der Waals surface area contributed by atoms with Crippen LogP contribution in [0, 0.1) is 20.6 Å². The normalized spacial score (nSPS) is 15.9. The van der Waals surface area contributed by atoms with Crippen LogP contribution in [0.2, 0.25) is 0 Å². The zero-order valence-electron chi connectivity index (χ0n) is 21.0. The van der Waals surface area contributed by atoms with E-state index in [4.69, 9.17) is 8.22 Å². The van der Waals surface area contributed by atoms with Crippen LogP contribution in [0.4, 0.5) is 0 Å². The Labute approximate surface area is 171 Å². The molecule has 0 fully saturated rings. The van der Waals surface area contributed by atoms with Gasteiger partial charge in [-0.1, -0.05) is 29.8 Å². The van der Waals surface area contributed by atoms with Crippen molar-refractivity contribution >= 4 is 42.4 Å². The maximum absolute atomic E-state index is 8.23. The van der Waals surface area contributed by atoms with Crippen LogP contribution in [0.25, 0.3) is 42.3 Å². The first-order chi connectivity index (χ1) is 15.5. The topological polar surface area (TPSA) is 16.8 Å². The fourth-order valence-electron chi connectivity index (χ4n) is 3.88. The lowest BCUT2D eigenvalue weighted by Gasteiger charge is -2.08. The third-order valence-corrected chi connectivity index (χ3v) is 6.23. The van der Waals surface area contributed by atoms with E-state index in [1.165, 1.54) is 11.3 Å². The molecule has 3 heterocycles. The summed E-state index contributed by atoms with van der Waals surface area (Å²) in [6.45, 7) is -2.61. The summed E-state index contributed by atoms with van der Waals surface area (Å²) < 4.78 is 51.5. The first kappa shape index (κ1) is 11.2. The van der Waals surface area contributed by atoms with E-state index >= 15 is 0 Å². The molecule has 132 valence electrons. The smallest absolute Gasteiger partial charge is 0.230 e. The van der Waals surface area contributed by atoms with Crippen molar-refractivity contribution in [3.63, 3.8) is 0 Å². The molecular formula is C24H21N2S+. The van der Waals surface area contributed by atoms with Gasteiger partial charge in [0.2, 0.25) is 5.69 Å². The van der Waals surface area contributed by atoms with E-state index < -0.39 is 13.7 Å². The Balaban J connectivity index is 1.95. The maximum Gasteiger partial charge on any atom is 0.230 e. The Kier molecular flexibility index (Phi) is 2.42. The summed E-state index contributed by atoms with van der Waals surface area (Å²) in [7, 11) is 1.84. The SMILES string of the molecule is [2H]C([2H])([2H])c1ccc(-c2c3sc4ccc5cccnc5c4c3c(C([2H])([2H])[2H])c[n+]2C)c(C)c1. The molecule has 0 radical (unpaired) electrons. The molecule has 0 saturated heterocycles. The molecule has 0 spiro atoms. The molecule has 2 aromatic carbocycles. The van der Waals surface area contributed by atoms with Crippen LogP contribution in [0.3, 0.4) is 0 Å². The molecule has 0 unspecified atom stereocenters. The monoisotopic (exact) mass is 375 g/mol. The summed E-state index contributed by atoms with van der Waals surface area (Å²) in [5.74, 6) is 0. The van der Waals surface area contributed by atoms with E-state index in [0.29, 0.717) is 5.39 Å². The van der Waals surface area contributed by atoms with Gasteiger partial charge < -0.3 is 0 Å². The molecule has 2 nitrogen and oxygen atoms in total. The van der Waals surface area contributed by atoms with Gasteiger partial charge in [0, 0.05) is 40.8 Å². The van der Waals surface area contributed by atoms with Crippen LogP contribution in [0.1, 0.15) is 24.9 Å². The molecule has 0 N–H and O–H groups in total. The summed E-state index contributed by atoms with van der Waals surface area (Å²) in [5, 5.41) is 2.48. The lowest BCUT2D eigenvalue weighted by molar-refractivity contribution is -0.659. The lowest BCUT2D eigenvalue weighted by Crippen LogP contribution is -2.31. The summed E-state index contributed by atoms with van der Waals surface area (Å²) in [5.41, 5.74) is 3.90. The van der Waals surface area contributed by atoms with Crippen molar-refractivity contribution in [2.75, 3.05) is 0 Å². The summed E-state index contributed by atoms with van der Waals surface area (Å²) in [4.78, 5) is 4.59. The summed E-state index contributed by atoms with van der Waals surface area (Å²) in [6, 6.07) is 13.0. The second kappa shape index (κ2) is 5.86. The molecular weight excluding hydrogens is 348 g/mol. The lowest BCUT2D eigenvalue weighted by atomic mass is 9.99. The predicted molar refractivity (Wildman–Crippen MR) is 115 cm³/mol. The average molecular weight is 376 g/mol. The van der Waals surface area contributed by atoms with Crippen molar-refractivity contribution in [2.24, 2.45) is 7.05 Å². The molecule has 5 rings (SSSR count). The Bertz CT molecular complexity index is 1560. The highest BCUT2D eigenvalue weighted by atomic mass is 32.1. The second-order valence-corrected chi connectivity index (χ2v) is 7.90. The van der Waals surface area contributed by atoms with E-state index in [1.54, 1.807) is 24.5 Å². The predicted octanol–water partition coefficient (Wildman–Crippen LogP) is 6.02. The van der Waals surface area contributed by atoms with E-state index in [1.807, 2.05) is 48.9 Å². The van der Waals surface area contributed by atoms with Crippen LogP contribution < -0.4 is 4.57 Å². The van der Waals surface area contributed by atoms with Gasteiger partial charge in [-0.25, -0.2) is 0 Å². The van der Waals surface area contributed by atoms with Gasteiger partial charge >= 0.3 is 0 Å². The van der Waals surface area contributed by atoms with Crippen LogP contribution in [-0.2, 0) is 7.05 Å². The maximum atomic E-state index is 8.23. The van der Waals surface area contributed by atoms with Gasteiger partial charge in [0.15, 0.2) is 6.20 Å². The molecule has 3 heteroatoms. The van der Waals surface area contributed by atoms with E-state index in [0.717, 1.165) is 42.5 Å². The van der Waals surface area contributed by atoms with Gasteiger partial charge in [0.1, 0.15) is 11.7 Å². The Hall–Kier alpha value is -2.78. The zero-order valence-corrected chi connectivity index (χ0v) is 15.8. The number of nitrogens with zero attached hydrogens (tertiary/aromatic N) is 2. The van der Waals surface area contributed by atoms with Crippen LogP contribution in [0.5, 0.6) is 0 Å². The van der Waals surface area contributed by atoms with Crippen molar-refractivity contribution in [1.29, 1.82) is 0 Å². The number of rotatable bonds is 1. The molecule has 0 aliphatic heterocycles. The average Bonchev–Trinajstić information content (AvgIpc) is 3.12. The van der Waals surface area contributed by atoms with Crippen LogP contribution >= 0.6 is 11.3 Å². The molecule has 0 bridgehead atoms. The standard InChI is InChI=1S/C24H21N2S/c1-14-7-9-18(15(2)12-14)23-24-20(16(3)13-26(23)4)21-19(27-24)10-8-17-6-5-11-25-22(17)21/h5-13H,1-4H3/q+1/i1D3,3D3. The Morgan fingerprint density at radius 1 is 1.04 bits per heavy atom. The Morgan fingerprint density at radius 2 is 1.96 bits per heavy atom. The number of aromatic nitrogens is 2. The van der Waals surface area contributed by atoms with E-state index in [-0.39, 0.29) is 11.1 Å². The first-order valence-electron chi connectivity index (χ1n) is 11.7. The van der Waals surface area contributed by atoms with Crippen LogP contribution in [-0.4, -0.2) is 4.98 Å². The quantitative estimate of drug-likeness (QED) is 0.327. The number of thiophene rings is 1. The highest BCUT2D eigenvalue weighted by molar-refractivity contribution is 7.26. The van der Waals surface area contributed by atoms with Crippen molar-refractivity contribution in [3.8, 4) is 11.3 Å². The van der Waals surface area contributed by atoms with Crippen molar-refractivity contribution in [1.82, 2.24) is 4.98 Å². The number of fused-ring (bicyclic) bond motifs is 5. The summed E-state index contributed by atoms with van der Waals surface area (Å²) in [6.07, 6.45) is 3.40. The minimum absolute atomic E-state index is 0.282. The molecule has 0 atom stereocenters. The minimum atomic E-state index is -2.31. The molecule has 0 aliphatic rings. The van der Waals surface area contributed by atoms with Gasteiger partial charge in [0.05, 0.1) is 11.1 Å². The summed E-state index contributed by atoms with van der Waals surface area (Å²) >= 11 is 1.54. The van der Waals surface area contributed by atoms with Gasteiger partial charge in [-0.3, -0.25) is 4.98 Å². The first-order valence-corrected chi connectivity index (χ1v) is 9.53.